The molecular weight excluding hydrogens is 288 g/mol. The molecule has 23 heavy (non-hydrogen) atoms. The minimum atomic E-state index is -0.801. The van der Waals surface area contributed by atoms with Crippen molar-refractivity contribution in [2.75, 3.05) is 6.61 Å². The Labute approximate surface area is 140 Å². The highest BCUT2D eigenvalue weighted by atomic mass is 16.8. The van der Waals surface area contributed by atoms with Gasteiger partial charge in [-0.05, 0) is 40.2 Å². The fourth-order valence-electron chi connectivity index (χ4n) is 3.69. The number of nitrogens with one attached hydrogen (secondary N) is 1. The molecule has 2 atom stereocenters. The predicted octanol–water partition coefficient (Wildman–Crippen LogP) is 3.85. The van der Waals surface area contributed by atoms with Crippen LogP contribution in [0.4, 0.5) is 0 Å². The Morgan fingerprint density at radius 2 is 1.70 bits per heavy atom. The molecule has 0 radical (unpaired) electrons. The van der Waals surface area contributed by atoms with Crippen molar-refractivity contribution in [2.24, 2.45) is 5.41 Å². The normalized spacial score (nSPS) is 33.4. The second-order valence-electron chi connectivity index (χ2n) is 9.04. The quantitative estimate of drug-likeness (QED) is 0.853. The Bertz CT molecular complexity index is 577. The van der Waals surface area contributed by atoms with Crippen LogP contribution in [-0.4, -0.2) is 28.7 Å². The van der Waals surface area contributed by atoms with E-state index in [9.17, 15) is 0 Å². The fourth-order valence-corrected chi connectivity index (χ4v) is 3.69. The van der Waals surface area contributed by atoms with Gasteiger partial charge in [-0.2, -0.15) is 5.06 Å². The van der Waals surface area contributed by atoms with Crippen molar-refractivity contribution in [3.05, 3.63) is 35.9 Å². The first kappa shape index (κ1) is 16.9. The third kappa shape index (κ3) is 2.62. The van der Waals surface area contributed by atoms with Gasteiger partial charge in [-0.15, -0.1) is 0 Å². The lowest BCUT2D eigenvalue weighted by Crippen LogP contribution is -2.56. The molecule has 2 unspecified atom stereocenters. The summed E-state index contributed by atoms with van der Waals surface area (Å²) in [5.74, 6) is -0.801. The average molecular weight is 318 g/mol. The number of benzene rings is 1. The fraction of sp³-hybridized carbons (Fsp3) is 0.684. The molecule has 2 aliphatic heterocycles. The first-order valence-electron chi connectivity index (χ1n) is 8.45. The van der Waals surface area contributed by atoms with E-state index in [4.69, 9.17) is 9.57 Å². The smallest absolute Gasteiger partial charge is 0.253 e. The van der Waals surface area contributed by atoms with Crippen LogP contribution in [0.1, 0.15) is 60.1 Å². The van der Waals surface area contributed by atoms with Crippen LogP contribution in [0.25, 0.3) is 0 Å². The van der Waals surface area contributed by atoms with Crippen molar-refractivity contribution >= 4 is 0 Å². The molecule has 4 nitrogen and oxygen atoms in total. The minimum Gasteiger partial charge on any atom is -0.334 e. The largest absolute Gasteiger partial charge is 0.334 e. The number of nitrogens with zero attached hydrogens (tertiary/aromatic N) is 1. The van der Waals surface area contributed by atoms with E-state index >= 15 is 0 Å². The highest BCUT2D eigenvalue weighted by Gasteiger charge is 2.67. The first-order valence-corrected chi connectivity index (χ1v) is 8.45. The summed E-state index contributed by atoms with van der Waals surface area (Å²) < 4.78 is 6.23. The van der Waals surface area contributed by atoms with Crippen LogP contribution in [0.2, 0.25) is 0 Å². The Kier molecular flexibility index (Phi) is 3.69. The lowest BCUT2D eigenvalue weighted by Gasteiger charge is -2.38. The van der Waals surface area contributed by atoms with Gasteiger partial charge in [0.2, 0.25) is 0 Å². The molecule has 2 saturated heterocycles. The van der Waals surface area contributed by atoms with E-state index in [-0.39, 0.29) is 22.5 Å². The summed E-state index contributed by atoms with van der Waals surface area (Å²) in [5.41, 5.74) is 0.750. The second-order valence-corrected chi connectivity index (χ2v) is 9.04. The SMILES string of the molecule is CC1(C)COC2(N1)ON(C(C)(C)C)C(c1ccccc1)C2(C)C. The summed E-state index contributed by atoms with van der Waals surface area (Å²) in [6, 6.07) is 10.7. The molecule has 1 aromatic rings. The maximum atomic E-state index is 6.49. The Balaban J connectivity index is 2.09. The van der Waals surface area contributed by atoms with E-state index in [2.05, 4.69) is 89.2 Å². The molecule has 0 amide bonds. The van der Waals surface area contributed by atoms with Crippen molar-refractivity contribution < 1.29 is 9.57 Å². The van der Waals surface area contributed by atoms with E-state index in [1.165, 1.54) is 5.56 Å². The molecule has 4 heteroatoms. The monoisotopic (exact) mass is 318 g/mol. The molecule has 1 spiro atoms. The molecule has 1 N–H and O–H groups in total. The van der Waals surface area contributed by atoms with Gasteiger partial charge >= 0.3 is 0 Å². The van der Waals surface area contributed by atoms with Crippen LogP contribution in [-0.2, 0) is 9.57 Å². The summed E-state index contributed by atoms with van der Waals surface area (Å²) >= 11 is 0. The van der Waals surface area contributed by atoms with Crippen LogP contribution in [0.5, 0.6) is 0 Å². The zero-order chi connectivity index (χ0) is 17.1. The lowest BCUT2D eigenvalue weighted by atomic mass is 9.76. The van der Waals surface area contributed by atoms with E-state index in [0.29, 0.717) is 6.61 Å². The summed E-state index contributed by atoms with van der Waals surface area (Å²) in [6.45, 7) is 15.9. The van der Waals surface area contributed by atoms with Gasteiger partial charge in [-0.25, -0.2) is 4.84 Å². The molecule has 0 saturated carbocycles. The van der Waals surface area contributed by atoms with Gasteiger partial charge < -0.3 is 4.74 Å². The van der Waals surface area contributed by atoms with E-state index in [1.807, 2.05) is 0 Å². The van der Waals surface area contributed by atoms with Crippen molar-refractivity contribution in [1.29, 1.82) is 0 Å². The number of hydrogen-bond donors (Lipinski definition) is 1. The topological polar surface area (TPSA) is 33.7 Å². The number of hydroxylamine groups is 2. The zero-order valence-electron chi connectivity index (χ0n) is 15.4. The Morgan fingerprint density at radius 1 is 1.09 bits per heavy atom. The second kappa shape index (κ2) is 5.03. The Hall–Kier alpha value is -0.940. The van der Waals surface area contributed by atoms with Crippen LogP contribution in [0.15, 0.2) is 30.3 Å². The maximum absolute atomic E-state index is 6.49. The Morgan fingerprint density at radius 3 is 2.17 bits per heavy atom. The van der Waals surface area contributed by atoms with Gasteiger partial charge in [0.1, 0.15) is 0 Å². The molecular formula is C19H30N2O2. The van der Waals surface area contributed by atoms with Gasteiger partial charge in [-0.3, -0.25) is 5.32 Å². The summed E-state index contributed by atoms with van der Waals surface area (Å²) in [7, 11) is 0. The van der Waals surface area contributed by atoms with Gasteiger partial charge in [0.05, 0.1) is 18.1 Å². The molecule has 2 aliphatic rings. The van der Waals surface area contributed by atoms with Crippen LogP contribution >= 0.6 is 0 Å². The number of rotatable bonds is 1. The lowest BCUT2D eigenvalue weighted by molar-refractivity contribution is -0.334. The summed E-state index contributed by atoms with van der Waals surface area (Å²) in [6.07, 6.45) is 0. The van der Waals surface area contributed by atoms with Crippen LogP contribution in [0.3, 0.4) is 0 Å². The first-order chi connectivity index (χ1) is 10.5. The molecule has 3 rings (SSSR count). The van der Waals surface area contributed by atoms with Crippen molar-refractivity contribution in [3.63, 3.8) is 0 Å². The van der Waals surface area contributed by atoms with Crippen molar-refractivity contribution in [1.82, 2.24) is 10.4 Å². The highest BCUT2D eigenvalue weighted by Crippen LogP contribution is 2.57. The molecule has 0 aliphatic carbocycles. The van der Waals surface area contributed by atoms with Crippen LogP contribution < -0.4 is 5.32 Å². The molecule has 1 aromatic carbocycles. The summed E-state index contributed by atoms with van der Waals surface area (Å²) in [4.78, 5) is 6.49. The standard InChI is InChI=1S/C19H30N2O2/c1-16(2,3)21-15(14-11-9-8-10-12-14)18(6,7)19(23-21)20-17(4,5)13-22-19/h8-12,15,20H,13H2,1-7H3. The van der Waals surface area contributed by atoms with E-state index in [0.717, 1.165) is 0 Å². The molecule has 2 heterocycles. The maximum Gasteiger partial charge on any atom is 0.253 e. The highest BCUT2D eigenvalue weighted by molar-refractivity contribution is 5.24. The van der Waals surface area contributed by atoms with Gasteiger partial charge in [0.15, 0.2) is 0 Å². The number of hydrogen-bond acceptors (Lipinski definition) is 4. The van der Waals surface area contributed by atoms with Gasteiger partial charge in [-0.1, -0.05) is 44.2 Å². The van der Waals surface area contributed by atoms with Gasteiger partial charge in [0.25, 0.3) is 5.91 Å². The molecule has 128 valence electrons. The third-order valence-electron chi connectivity index (χ3n) is 4.91. The number of ether oxygens (including phenoxy) is 1. The van der Waals surface area contributed by atoms with Gasteiger partial charge in [0, 0.05) is 11.1 Å². The van der Waals surface area contributed by atoms with E-state index < -0.39 is 5.91 Å². The zero-order valence-corrected chi connectivity index (χ0v) is 15.4. The van der Waals surface area contributed by atoms with Crippen LogP contribution in [0, 0.1) is 5.41 Å². The average Bonchev–Trinajstić information content (AvgIpc) is 2.86. The van der Waals surface area contributed by atoms with Crippen molar-refractivity contribution in [3.8, 4) is 0 Å². The third-order valence-corrected chi connectivity index (χ3v) is 4.91. The predicted molar refractivity (Wildman–Crippen MR) is 91.5 cm³/mol. The molecule has 0 aromatic heterocycles. The van der Waals surface area contributed by atoms with E-state index in [1.54, 1.807) is 0 Å². The minimum absolute atomic E-state index is 0.102. The molecule has 0 bridgehead atoms. The van der Waals surface area contributed by atoms with Crippen molar-refractivity contribution in [2.45, 2.75) is 71.5 Å². The molecule has 2 fully saturated rings. The summed E-state index contributed by atoms with van der Waals surface area (Å²) in [5, 5.41) is 5.72.